The number of nitrogens with one attached hydrogen (secondary N) is 1. The van der Waals surface area contributed by atoms with E-state index in [2.05, 4.69) is 18.8 Å². The van der Waals surface area contributed by atoms with Gasteiger partial charge in [0.2, 0.25) is 5.91 Å². The van der Waals surface area contributed by atoms with Crippen molar-refractivity contribution < 1.29 is 14.7 Å². The summed E-state index contributed by atoms with van der Waals surface area (Å²) in [6, 6.07) is -0.742. The van der Waals surface area contributed by atoms with Crippen molar-refractivity contribution >= 4 is 11.9 Å². The van der Waals surface area contributed by atoms with Crippen LogP contribution in [0, 0.1) is 0 Å². The molecule has 0 unspecified atom stereocenters. The van der Waals surface area contributed by atoms with Crippen LogP contribution in [-0.4, -0.2) is 23.0 Å². The highest BCUT2D eigenvalue weighted by Gasteiger charge is 2.16. The maximum absolute atomic E-state index is 11.7. The molecule has 1 atom stereocenters. The molecule has 4 heteroatoms. The van der Waals surface area contributed by atoms with Gasteiger partial charge in [-0.25, -0.2) is 4.79 Å². The summed E-state index contributed by atoms with van der Waals surface area (Å²) in [5.41, 5.74) is 1.31. The summed E-state index contributed by atoms with van der Waals surface area (Å²) in [6.07, 6.45) is 19.9. The molecule has 4 nitrogen and oxygen atoms in total. The van der Waals surface area contributed by atoms with Gasteiger partial charge in [0.15, 0.2) is 0 Å². The monoisotopic (exact) mass is 395 g/mol. The van der Waals surface area contributed by atoms with Gasteiger partial charge in [-0.2, -0.15) is 0 Å². The second-order valence-corrected chi connectivity index (χ2v) is 8.27. The molecule has 0 heterocycles. The summed E-state index contributed by atoms with van der Waals surface area (Å²) in [4.78, 5) is 22.6. The highest BCUT2D eigenvalue weighted by molar-refractivity contribution is 5.83. The molecule has 0 aliphatic rings. The number of allylic oxidation sites excluding steroid dienone is 1. The molecule has 0 aliphatic carbocycles. The molecule has 0 aromatic rings. The Labute approximate surface area is 173 Å². The summed E-state index contributed by atoms with van der Waals surface area (Å²) in [5, 5.41) is 11.5. The van der Waals surface area contributed by atoms with Gasteiger partial charge in [-0.15, -0.1) is 6.58 Å². The molecular weight excluding hydrogens is 350 g/mol. The fourth-order valence-electron chi connectivity index (χ4n) is 3.44. The zero-order valence-corrected chi connectivity index (χ0v) is 18.6. The van der Waals surface area contributed by atoms with Crippen molar-refractivity contribution in [3.8, 4) is 0 Å². The largest absolute Gasteiger partial charge is 0.480 e. The smallest absolute Gasteiger partial charge is 0.326 e. The minimum absolute atomic E-state index is 0.134. The standard InChI is InChI=1S/C24H45NO3/c1-4-22(24(27)28)25-23(26)20-18-16-14-12-10-8-6-5-7-9-11-13-15-17-19-21(2)3/h22H,2,4-20H2,1,3H3,(H,25,26)(H,27,28)/t22-/m0/s1. The summed E-state index contributed by atoms with van der Waals surface area (Å²) >= 11 is 0. The van der Waals surface area contributed by atoms with Crippen molar-refractivity contribution in [1.82, 2.24) is 5.32 Å². The number of amides is 1. The Hall–Kier alpha value is -1.32. The molecule has 0 saturated carbocycles. The molecule has 0 bridgehead atoms. The van der Waals surface area contributed by atoms with Gasteiger partial charge < -0.3 is 10.4 Å². The zero-order chi connectivity index (χ0) is 21.0. The van der Waals surface area contributed by atoms with Crippen LogP contribution < -0.4 is 5.32 Å². The lowest BCUT2D eigenvalue weighted by Crippen LogP contribution is -2.40. The Kier molecular flexibility index (Phi) is 18.1. The Morgan fingerprint density at radius 2 is 1.11 bits per heavy atom. The number of hydrogen-bond acceptors (Lipinski definition) is 2. The SMILES string of the molecule is C=C(C)CCCCCCCCCCCCCCCCC(=O)N[C@@H](CC)C(=O)O. The van der Waals surface area contributed by atoms with Crippen LogP contribution in [0.15, 0.2) is 12.2 Å². The Balaban J connectivity index is 3.26. The van der Waals surface area contributed by atoms with Crippen LogP contribution in [0.1, 0.15) is 123 Å². The summed E-state index contributed by atoms with van der Waals surface area (Å²) < 4.78 is 0. The van der Waals surface area contributed by atoms with E-state index < -0.39 is 12.0 Å². The Morgan fingerprint density at radius 1 is 0.750 bits per heavy atom. The van der Waals surface area contributed by atoms with Crippen LogP contribution in [-0.2, 0) is 9.59 Å². The van der Waals surface area contributed by atoms with E-state index >= 15 is 0 Å². The third-order valence-corrected chi connectivity index (χ3v) is 5.30. The highest BCUT2D eigenvalue weighted by Crippen LogP contribution is 2.14. The van der Waals surface area contributed by atoms with Crippen LogP contribution >= 0.6 is 0 Å². The molecular formula is C24H45NO3. The first-order valence-corrected chi connectivity index (χ1v) is 11.6. The topological polar surface area (TPSA) is 66.4 Å². The van der Waals surface area contributed by atoms with Gasteiger partial charge in [0.1, 0.15) is 6.04 Å². The number of rotatable bonds is 20. The molecule has 0 aromatic heterocycles. The Morgan fingerprint density at radius 3 is 1.43 bits per heavy atom. The van der Waals surface area contributed by atoms with Gasteiger partial charge in [0.25, 0.3) is 0 Å². The normalized spacial score (nSPS) is 11.9. The third kappa shape index (κ3) is 18.1. The van der Waals surface area contributed by atoms with Crippen molar-refractivity contribution in [2.75, 3.05) is 0 Å². The van der Waals surface area contributed by atoms with Gasteiger partial charge in [-0.1, -0.05) is 89.5 Å². The van der Waals surface area contributed by atoms with Crippen LogP contribution in [0.2, 0.25) is 0 Å². The molecule has 0 aliphatic heterocycles. The average molecular weight is 396 g/mol. The zero-order valence-electron chi connectivity index (χ0n) is 18.6. The van der Waals surface area contributed by atoms with E-state index in [1.165, 1.54) is 89.0 Å². The predicted octanol–water partition coefficient (Wildman–Crippen LogP) is 6.78. The lowest BCUT2D eigenvalue weighted by atomic mass is 10.0. The van der Waals surface area contributed by atoms with Gasteiger partial charge >= 0.3 is 5.97 Å². The molecule has 0 radical (unpaired) electrons. The molecule has 28 heavy (non-hydrogen) atoms. The highest BCUT2D eigenvalue weighted by atomic mass is 16.4. The van der Waals surface area contributed by atoms with E-state index in [-0.39, 0.29) is 5.91 Å². The van der Waals surface area contributed by atoms with Crippen molar-refractivity contribution in [2.24, 2.45) is 0 Å². The molecule has 2 N–H and O–H groups in total. The van der Waals surface area contributed by atoms with Crippen LogP contribution in [0.4, 0.5) is 0 Å². The van der Waals surface area contributed by atoms with Crippen molar-refractivity contribution in [1.29, 1.82) is 0 Å². The van der Waals surface area contributed by atoms with Crippen molar-refractivity contribution in [3.63, 3.8) is 0 Å². The molecule has 0 aromatic carbocycles. The van der Waals surface area contributed by atoms with Crippen LogP contribution in [0.25, 0.3) is 0 Å². The molecule has 0 saturated heterocycles. The maximum atomic E-state index is 11.7. The lowest BCUT2D eigenvalue weighted by Gasteiger charge is -2.11. The van der Waals surface area contributed by atoms with Crippen LogP contribution in [0.3, 0.4) is 0 Å². The maximum Gasteiger partial charge on any atom is 0.326 e. The second kappa shape index (κ2) is 19.0. The van der Waals surface area contributed by atoms with Gasteiger partial charge in [0, 0.05) is 6.42 Å². The first-order chi connectivity index (χ1) is 13.5. The quantitative estimate of drug-likeness (QED) is 0.176. The second-order valence-electron chi connectivity index (χ2n) is 8.27. The number of carboxylic acid groups (broad SMARTS) is 1. The molecule has 1 amide bonds. The number of aliphatic carboxylic acids is 1. The first kappa shape index (κ1) is 26.7. The van der Waals surface area contributed by atoms with Crippen molar-refractivity contribution in [2.45, 2.75) is 129 Å². The van der Waals surface area contributed by atoms with E-state index in [1.807, 2.05) is 0 Å². The number of carbonyl (C=O) groups excluding carboxylic acids is 1. The third-order valence-electron chi connectivity index (χ3n) is 5.30. The summed E-state index contributed by atoms with van der Waals surface area (Å²) in [5.74, 6) is -1.08. The molecule has 0 rings (SSSR count). The van der Waals surface area contributed by atoms with E-state index in [0.29, 0.717) is 12.8 Å². The fourth-order valence-corrected chi connectivity index (χ4v) is 3.44. The van der Waals surface area contributed by atoms with Crippen molar-refractivity contribution in [3.05, 3.63) is 12.2 Å². The minimum Gasteiger partial charge on any atom is -0.480 e. The fraction of sp³-hybridized carbons (Fsp3) is 0.833. The Bertz CT molecular complexity index is 420. The average Bonchev–Trinajstić information content (AvgIpc) is 2.65. The number of unbranched alkanes of at least 4 members (excludes halogenated alkanes) is 13. The van der Waals surface area contributed by atoms with E-state index in [9.17, 15) is 9.59 Å². The van der Waals surface area contributed by atoms with Gasteiger partial charge in [-0.05, 0) is 32.6 Å². The van der Waals surface area contributed by atoms with Crippen LogP contribution in [0.5, 0.6) is 0 Å². The molecule has 0 spiro atoms. The number of hydrogen-bond donors (Lipinski definition) is 2. The lowest BCUT2D eigenvalue weighted by molar-refractivity contribution is -0.141. The number of carbonyl (C=O) groups is 2. The number of carboxylic acids is 1. The van der Waals surface area contributed by atoms with E-state index in [0.717, 1.165) is 12.8 Å². The minimum atomic E-state index is -0.950. The first-order valence-electron chi connectivity index (χ1n) is 11.6. The van der Waals surface area contributed by atoms with Gasteiger partial charge in [0.05, 0.1) is 0 Å². The summed E-state index contributed by atoms with van der Waals surface area (Å²) in [6.45, 7) is 7.83. The predicted molar refractivity (Wildman–Crippen MR) is 119 cm³/mol. The molecule has 0 fully saturated rings. The summed E-state index contributed by atoms with van der Waals surface area (Å²) in [7, 11) is 0. The van der Waals surface area contributed by atoms with E-state index in [1.54, 1.807) is 6.92 Å². The molecule has 164 valence electrons. The van der Waals surface area contributed by atoms with Gasteiger partial charge in [-0.3, -0.25) is 4.79 Å². The van der Waals surface area contributed by atoms with E-state index in [4.69, 9.17) is 5.11 Å².